The van der Waals surface area contributed by atoms with Crippen LogP contribution in [0.2, 0.25) is 0 Å². The predicted octanol–water partition coefficient (Wildman–Crippen LogP) is 24.1. The molecule has 496 valence electrons. The first-order chi connectivity index (χ1) is 52.0. The van der Waals surface area contributed by atoms with E-state index in [2.05, 4.69) is 461 Å². The molecule has 0 heterocycles. The van der Waals surface area contributed by atoms with Crippen LogP contribution >= 0.6 is 0 Å². The molecule has 0 fully saturated rings. The smallest absolute Gasteiger partial charge is 0.0622 e. The first-order valence-corrected chi connectivity index (χ1v) is 40.4. The molecule has 105 heavy (non-hydrogen) atoms. The Bertz CT molecular complexity index is 4910. The van der Waals surface area contributed by atoms with Gasteiger partial charge in [-0.3, -0.25) is 0 Å². The Hall–Kier alpha value is -13.0. The van der Waals surface area contributed by atoms with Crippen molar-refractivity contribution in [3.63, 3.8) is 0 Å². The molecule has 0 N–H and O–H groups in total. The van der Waals surface area contributed by atoms with E-state index in [-0.39, 0.29) is 0 Å². The molecule has 0 atom stereocenters. The van der Waals surface area contributed by atoms with Crippen LogP contribution in [0.4, 0.5) is 0 Å². The van der Waals surface area contributed by atoms with E-state index < -0.39 is 13.3 Å². The maximum absolute atomic E-state index is 4.07. The number of hydrogen-bond acceptors (Lipinski definition) is 0. The fourth-order valence-corrected chi connectivity index (χ4v) is 24.5. The molecule has 16 aromatic carbocycles. The second-order valence-corrected chi connectivity index (χ2v) is 34.7. The SMILES string of the molecule is C(=C(\c1ccccc1)c1ccc(-c2cc[c]([Ge]([c]3ccc(-c4ccc(/C(=C\c5ccccc5)c5ccccc5)cc4)cc3)([c]3ccc(-c4ccc(/C(=C\c5ccccc5)c5ccccc5)cc4)cc3)[c]3ccc(-c4ccc(/C(=C\c5ccccc5)c5ccccc5)cc4)cc3)cc2)cc1)/c1ccccc1. The Labute approximate surface area is 621 Å². The van der Waals surface area contributed by atoms with Crippen LogP contribution in [0, 0.1) is 0 Å². The molecule has 0 aliphatic heterocycles. The van der Waals surface area contributed by atoms with Gasteiger partial charge in [0.1, 0.15) is 0 Å². The standard InChI is InChI=1S/C104H76Ge/c1-9-25-77(26-10-1)73-101(89-33-17-5-18-34-89)93-49-41-81(42-50-93)85-57-65-97(66-58-85)105(98-67-59-86(60-68-98)82-43-51-94(52-44-82)102(90-35-19-6-20-36-90)74-78-27-11-2-12-28-78,99-69-61-87(62-70-99)83-45-53-95(54-46-83)103(91-37-21-7-22-38-91)75-79-29-13-3-14-30-79)100-71-63-88(64-72-100)84-47-55-96(56-48-84)104(92-39-23-8-24-40-92)76-80-31-15-4-16-32-80/h1-76H/b101-73-,102-74-,103-75-,104-76-. The van der Waals surface area contributed by atoms with Crippen molar-refractivity contribution in [2.24, 2.45) is 0 Å². The predicted molar refractivity (Wildman–Crippen MR) is 451 cm³/mol. The van der Waals surface area contributed by atoms with Crippen molar-refractivity contribution in [3.05, 3.63) is 504 Å². The zero-order valence-corrected chi connectivity index (χ0v) is 60.5. The van der Waals surface area contributed by atoms with Crippen molar-refractivity contribution in [2.75, 3.05) is 0 Å². The van der Waals surface area contributed by atoms with Crippen molar-refractivity contribution < 1.29 is 0 Å². The summed E-state index contributed by atoms with van der Waals surface area (Å²) in [6.07, 6.45) is 9.19. The molecule has 0 saturated carbocycles. The minimum atomic E-state index is -4.07. The van der Waals surface area contributed by atoms with E-state index in [0.29, 0.717) is 0 Å². The van der Waals surface area contributed by atoms with E-state index in [4.69, 9.17) is 0 Å². The molecule has 0 spiro atoms. The molecular formula is C104H76Ge. The molecule has 0 nitrogen and oxygen atoms in total. The van der Waals surface area contributed by atoms with Crippen molar-refractivity contribution in [2.45, 2.75) is 0 Å². The normalized spacial score (nSPS) is 12.0. The molecule has 16 aromatic rings. The summed E-state index contributed by atoms with van der Waals surface area (Å²) in [5.74, 6) is 0. The second kappa shape index (κ2) is 31.5. The number of hydrogen-bond donors (Lipinski definition) is 0. The van der Waals surface area contributed by atoms with Crippen molar-refractivity contribution in [1.29, 1.82) is 0 Å². The van der Waals surface area contributed by atoms with Crippen molar-refractivity contribution >= 4 is 77.4 Å². The number of benzene rings is 16. The summed E-state index contributed by atoms with van der Waals surface area (Å²) >= 11 is -4.07. The summed E-state index contributed by atoms with van der Waals surface area (Å²) in [6.45, 7) is 0. The Morgan fingerprint density at radius 3 is 0.429 bits per heavy atom. The Balaban J connectivity index is 0.815. The topological polar surface area (TPSA) is 0 Å². The van der Waals surface area contributed by atoms with Gasteiger partial charge in [0.05, 0.1) is 0 Å². The minimum absolute atomic E-state index is 1.17. The van der Waals surface area contributed by atoms with Crippen LogP contribution in [-0.4, -0.2) is 13.3 Å². The van der Waals surface area contributed by atoms with Gasteiger partial charge in [0.25, 0.3) is 0 Å². The molecule has 16 rings (SSSR count). The van der Waals surface area contributed by atoms with E-state index >= 15 is 0 Å². The summed E-state index contributed by atoms with van der Waals surface area (Å²) in [4.78, 5) is 0. The molecule has 0 aliphatic carbocycles. The van der Waals surface area contributed by atoms with Gasteiger partial charge < -0.3 is 0 Å². The van der Waals surface area contributed by atoms with Gasteiger partial charge in [-0.2, -0.15) is 0 Å². The quantitative estimate of drug-likeness (QED) is 0.0527. The van der Waals surface area contributed by atoms with Crippen molar-refractivity contribution in [3.8, 4) is 44.5 Å². The third kappa shape index (κ3) is 15.0. The van der Waals surface area contributed by atoms with E-state index in [1.54, 1.807) is 0 Å². The summed E-state index contributed by atoms with van der Waals surface area (Å²) < 4.78 is 5.37. The minimum Gasteiger partial charge on any atom is -0.0622 e. The molecule has 0 bridgehead atoms. The molecule has 0 radical (unpaired) electrons. The third-order valence-electron chi connectivity index (χ3n) is 20.2. The second-order valence-electron chi connectivity index (χ2n) is 26.7. The molecular weight excluding hydrogens is 1320 g/mol. The molecule has 0 amide bonds. The van der Waals surface area contributed by atoms with Gasteiger partial charge in [0.2, 0.25) is 0 Å². The number of rotatable bonds is 20. The zero-order valence-electron chi connectivity index (χ0n) is 58.4. The molecule has 1 heteroatoms. The average molecular weight is 1400 g/mol. The summed E-state index contributed by atoms with van der Waals surface area (Å²) in [5, 5.41) is 0. The molecule has 0 aliphatic rings. The zero-order chi connectivity index (χ0) is 70.4. The van der Waals surface area contributed by atoms with Crippen LogP contribution in [0.25, 0.3) is 91.1 Å². The molecule has 0 saturated heterocycles. The Morgan fingerprint density at radius 1 is 0.133 bits per heavy atom. The van der Waals surface area contributed by atoms with E-state index in [0.717, 1.165) is 0 Å². The fraction of sp³-hybridized carbons (Fsp3) is 0. The average Bonchev–Trinajstić information content (AvgIpc) is 0.728. The van der Waals surface area contributed by atoms with Gasteiger partial charge in [-0.25, -0.2) is 0 Å². The van der Waals surface area contributed by atoms with Gasteiger partial charge in [-0.1, -0.05) is 97.1 Å². The van der Waals surface area contributed by atoms with Crippen molar-refractivity contribution in [1.82, 2.24) is 0 Å². The fourth-order valence-electron chi connectivity index (χ4n) is 14.7. The van der Waals surface area contributed by atoms with Crippen LogP contribution in [0.1, 0.15) is 66.8 Å². The van der Waals surface area contributed by atoms with Crippen LogP contribution < -0.4 is 17.6 Å². The van der Waals surface area contributed by atoms with Gasteiger partial charge in [-0.05, 0) is 0 Å². The Kier molecular flexibility index (Phi) is 20.0. The summed E-state index contributed by atoms with van der Waals surface area (Å²) in [7, 11) is 0. The van der Waals surface area contributed by atoms with E-state index in [1.807, 2.05) is 0 Å². The van der Waals surface area contributed by atoms with Gasteiger partial charge in [0, 0.05) is 0 Å². The summed E-state index contributed by atoms with van der Waals surface area (Å²) in [5.41, 5.74) is 28.2. The van der Waals surface area contributed by atoms with Crippen LogP contribution in [0.15, 0.2) is 437 Å². The van der Waals surface area contributed by atoms with Gasteiger partial charge in [-0.15, -0.1) is 0 Å². The van der Waals surface area contributed by atoms with Crippen LogP contribution in [0.5, 0.6) is 0 Å². The monoisotopic (exact) mass is 1400 g/mol. The first-order valence-electron chi connectivity index (χ1n) is 36.2. The van der Waals surface area contributed by atoms with E-state index in [9.17, 15) is 0 Å². The Morgan fingerprint density at radius 2 is 0.267 bits per heavy atom. The molecule has 0 unspecified atom stereocenters. The summed E-state index contributed by atoms with van der Waals surface area (Å²) in [6, 6.07) is 161. The van der Waals surface area contributed by atoms with Crippen LogP contribution in [0.3, 0.4) is 0 Å². The molecule has 0 aromatic heterocycles. The van der Waals surface area contributed by atoms with Gasteiger partial charge in [0.15, 0.2) is 0 Å². The maximum atomic E-state index is 2.45. The van der Waals surface area contributed by atoms with E-state index in [1.165, 1.54) is 151 Å². The third-order valence-corrected chi connectivity index (χ3v) is 30.2. The van der Waals surface area contributed by atoms with Crippen LogP contribution in [-0.2, 0) is 0 Å². The first kappa shape index (κ1) is 66.6. The van der Waals surface area contributed by atoms with Gasteiger partial charge >= 0.3 is 528 Å².